The topological polar surface area (TPSA) is 9.23 Å². The van der Waals surface area contributed by atoms with Gasteiger partial charge in [-0.25, -0.2) is 0 Å². The summed E-state index contributed by atoms with van der Waals surface area (Å²) >= 11 is 7.03. The SMILES string of the molecule is Cc1ccc(C(C)C)cc1Oc1ccc(CBr)c(Br)c1. The van der Waals surface area contributed by atoms with Crippen molar-refractivity contribution in [3.8, 4) is 11.5 Å². The van der Waals surface area contributed by atoms with Gasteiger partial charge in [0.1, 0.15) is 11.5 Å². The lowest BCUT2D eigenvalue weighted by molar-refractivity contribution is 0.477. The zero-order valence-corrected chi connectivity index (χ0v) is 15.1. The lowest BCUT2D eigenvalue weighted by atomic mass is 10.0. The Morgan fingerprint density at radius 3 is 2.45 bits per heavy atom. The first-order chi connectivity index (χ1) is 9.51. The molecular formula is C17H18Br2O. The van der Waals surface area contributed by atoms with Crippen molar-refractivity contribution in [1.29, 1.82) is 0 Å². The Kier molecular flexibility index (Phi) is 5.28. The van der Waals surface area contributed by atoms with Crippen LogP contribution in [-0.4, -0.2) is 0 Å². The highest BCUT2D eigenvalue weighted by Gasteiger charge is 2.07. The van der Waals surface area contributed by atoms with Crippen molar-refractivity contribution < 1.29 is 4.74 Å². The summed E-state index contributed by atoms with van der Waals surface area (Å²) in [5, 5.41) is 0.829. The molecule has 0 spiro atoms. The van der Waals surface area contributed by atoms with Crippen LogP contribution in [0.4, 0.5) is 0 Å². The summed E-state index contributed by atoms with van der Waals surface area (Å²) < 4.78 is 7.09. The second kappa shape index (κ2) is 6.77. The molecule has 0 heterocycles. The van der Waals surface area contributed by atoms with Gasteiger partial charge in [-0.1, -0.05) is 63.9 Å². The van der Waals surface area contributed by atoms with Crippen molar-refractivity contribution in [2.24, 2.45) is 0 Å². The summed E-state index contributed by atoms with van der Waals surface area (Å²) in [7, 11) is 0. The van der Waals surface area contributed by atoms with Crippen LogP contribution in [0.15, 0.2) is 40.9 Å². The van der Waals surface area contributed by atoms with Crippen molar-refractivity contribution in [1.82, 2.24) is 0 Å². The molecular weight excluding hydrogens is 380 g/mol. The molecule has 0 aliphatic carbocycles. The van der Waals surface area contributed by atoms with Gasteiger partial charge in [-0.05, 0) is 47.7 Å². The van der Waals surface area contributed by atoms with E-state index in [1.54, 1.807) is 0 Å². The van der Waals surface area contributed by atoms with Gasteiger partial charge in [-0.3, -0.25) is 0 Å². The Morgan fingerprint density at radius 1 is 1.10 bits per heavy atom. The lowest BCUT2D eigenvalue weighted by Gasteiger charge is -2.13. The van der Waals surface area contributed by atoms with Crippen LogP contribution in [0.1, 0.15) is 36.5 Å². The predicted molar refractivity (Wildman–Crippen MR) is 92.1 cm³/mol. The van der Waals surface area contributed by atoms with E-state index in [9.17, 15) is 0 Å². The largest absolute Gasteiger partial charge is 0.457 e. The third-order valence-electron chi connectivity index (χ3n) is 3.28. The van der Waals surface area contributed by atoms with Gasteiger partial charge in [-0.2, -0.15) is 0 Å². The average molecular weight is 398 g/mol. The van der Waals surface area contributed by atoms with Crippen LogP contribution in [-0.2, 0) is 5.33 Å². The maximum Gasteiger partial charge on any atom is 0.130 e. The first-order valence-corrected chi connectivity index (χ1v) is 8.55. The summed E-state index contributed by atoms with van der Waals surface area (Å²) in [6, 6.07) is 12.5. The standard InChI is InChI=1S/C17H18Br2O/c1-11(2)13-5-4-12(3)17(8-13)20-15-7-6-14(10-18)16(19)9-15/h4-9,11H,10H2,1-3H3. The number of halogens is 2. The molecule has 0 bridgehead atoms. The summed E-state index contributed by atoms with van der Waals surface area (Å²) in [4.78, 5) is 0. The van der Waals surface area contributed by atoms with E-state index in [0.29, 0.717) is 5.92 Å². The third kappa shape index (κ3) is 3.64. The minimum Gasteiger partial charge on any atom is -0.457 e. The molecule has 0 radical (unpaired) electrons. The lowest BCUT2D eigenvalue weighted by Crippen LogP contribution is -1.93. The molecule has 0 N–H and O–H groups in total. The minimum atomic E-state index is 0.500. The Morgan fingerprint density at radius 2 is 1.85 bits per heavy atom. The summed E-state index contributed by atoms with van der Waals surface area (Å²) in [6.07, 6.45) is 0. The first-order valence-electron chi connectivity index (χ1n) is 6.64. The van der Waals surface area contributed by atoms with Crippen LogP contribution >= 0.6 is 31.9 Å². The van der Waals surface area contributed by atoms with Gasteiger partial charge in [0, 0.05) is 9.80 Å². The predicted octanol–water partition coefficient (Wildman–Crippen LogP) is 6.57. The fraction of sp³-hybridized carbons (Fsp3) is 0.294. The fourth-order valence-electron chi connectivity index (χ4n) is 1.91. The molecule has 0 aromatic heterocycles. The normalized spacial score (nSPS) is 10.9. The number of benzene rings is 2. The molecule has 0 fully saturated rings. The summed E-state index contributed by atoms with van der Waals surface area (Å²) in [5.41, 5.74) is 3.65. The smallest absolute Gasteiger partial charge is 0.130 e. The highest BCUT2D eigenvalue weighted by molar-refractivity contribution is 9.10. The van der Waals surface area contributed by atoms with E-state index in [2.05, 4.69) is 76.9 Å². The van der Waals surface area contributed by atoms with Gasteiger partial charge in [-0.15, -0.1) is 0 Å². The maximum absolute atomic E-state index is 6.03. The van der Waals surface area contributed by atoms with E-state index < -0.39 is 0 Å². The van der Waals surface area contributed by atoms with Gasteiger partial charge in [0.2, 0.25) is 0 Å². The zero-order chi connectivity index (χ0) is 14.7. The van der Waals surface area contributed by atoms with E-state index in [4.69, 9.17) is 4.74 Å². The second-order valence-electron chi connectivity index (χ2n) is 5.17. The molecule has 0 aliphatic rings. The molecule has 0 atom stereocenters. The molecule has 20 heavy (non-hydrogen) atoms. The van der Waals surface area contributed by atoms with Crippen LogP contribution in [0.25, 0.3) is 0 Å². The number of rotatable bonds is 4. The molecule has 0 aliphatic heterocycles. The van der Waals surface area contributed by atoms with Crippen LogP contribution in [0.3, 0.4) is 0 Å². The number of hydrogen-bond acceptors (Lipinski definition) is 1. The van der Waals surface area contributed by atoms with Crippen LogP contribution < -0.4 is 4.74 Å². The number of aryl methyl sites for hydroxylation is 1. The maximum atomic E-state index is 6.03. The number of alkyl halides is 1. The molecule has 0 unspecified atom stereocenters. The van der Waals surface area contributed by atoms with Crippen molar-refractivity contribution in [2.45, 2.75) is 32.0 Å². The van der Waals surface area contributed by atoms with E-state index in [0.717, 1.165) is 26.9 Å². The van der Waals surface area contributed by atoms with Crippen LogP contribution in [0.5, 0.6) is 11.5 Å². The zero-order valence-electron chi connectivity index (χ0n) is 11.9. The van der Waals surface area contributed by atoms with Crippen LogP contribution in [0, 0.1) is 6.92 Å². The highest BCUT2D eigenvalue weighted by Crippen LogP contribution is 2.31. The van der Waals surface area contributed by atoms with Crippen molar-refractivity contribution in [2.75, 3.05) is 0 Å². The molecule has 2 aromatic rings. The highest BCUT2D eigenvalue weighted by atomic mass is 79.9. The van der Waals surface area contributed by atoms with Gasteiger partial charge in [0.25, 0.3) is 0 Å². The summed E-state index contributed by atoms with van der Waals surface area (Å²) in [5.74, 6) is 2.28. The molecule has 2 rings (SSSR count). The van der Waals surface area contributed by atoms with E-state index >= 15 is 0 Å². The Hall–Kier alpha value is -0.800. The summed E-state index contributed by atoms with van der Waals surface area (Å²) in [6.45, 7) is 6.45. The molecule has 1 nitrogen and oxygen atoms in total. The minimum absolute atomic E-state index is 0.500. The second-order valence-corrected chi connectivity index (χ2v) is 6.58. The van der Waals surface area contributed by atoms with Crippen molar-refractivity contribution in [3.63, 3.8) is 0 Å². The third-order valence-corrected chi connectivity index (χ3v) is 4.62. The van der Waals surface area contributed by atoms with E-state index in [1.165, 1.54) is 11.1 Å². The molecule has 3 heteroatoms. The Bertz CT molecular complexity index is 606. The number of ether oxygens (including phenoxy) is 1. The van der Waals surface area contributed by atoms with Gasteiger partial charge < -0.3 is 4.74 Å². The molecule has 2 aromatic carbocycles. The van der Waals surface area contributed by atoms with Gasteiger partial charge in [0.15, 0.2) is 0 Å². The Labute approximate surface area is 137 Å². The molecule has 0 saturated heterocycles. The molecule has 0 saturated carbocycles. The van der Waals surface area contributed by atoms with E-state index in [1.807, 2.05) is 12.1 Å². The fourth-order valence-corrected chi connectivity index (χ4v) is 3.28. The van der Waals surface area contributed by atoms with Gasteiger partial charge in [0.05, 0.1) is 0 Å². The van der Waals surface area contributed by atoms with Crippen molar-refractivity contribution in [3.05, 3.63) is 57.6 Å². The monoisotopic (exact) mass is 396 g/mol. The van der Waals surface area contributed by atoms with Crippen molar-refractivity contribution >= 4 is 31.9 Å². The molecule has 0 amide bonds. The van der Waals surface area contributed by atoms with Crippen LogP contribution in [0.2, 0.25) is 0 Å². The molecule has 106 valence electrons. The van der Waals surface area contributed by atoms with Gasteiger partial charge >= 0.3 is 0 Å². The quantitative estimate of drug-likeness (QED) is 0.530. The Balaban J connectivity index is 2.29. The number of hydrogen-bond donors (Lipinski definition) is 0. The van der Waals surface area contributed by atoms with E-state index in [-0.39, 0.29) is 0 Å². The average Bonchev–Trinajstić information content (AvgIpc) is 2.41. The first kappa shape index (κ1) is 15.6.